The molecule has 0 spiro atoms. The van der Waals surface area contributed by atoms with Gasteiger partial charge in [0.05, 0.1) is 34.0 Å². The number of nitrogens with zero attached hydrogens (tertiary/aromatic N) is 3. The summed E-state index contributed by atoms with van der Waals surface area (Å²) in [5, 5.41) is 0.832. The van der Waals surface area contributed by atoms with E-state index in [1.165, 1.54) is 0 Å². The fraction of sp³-hybridized carbons (Fsp3) is 0.407. The summed E-state index contributed by atoms with van der Waals surface area (Å²) >= 11 is 0. The Kier molecular flexibility index (Phi) is 6.99. The van der Waals surface area contributed by atoms with Crippen molar-refractivity contribution in [2.24, 2.45) is 0 Å². The summed E-state index contributed by atoms with van der Waals surface area (Å²) in [6, 6.07) is 13.4. The lowest BCUT2D eigenvalue weighted by atomic mass is 10.1. The van der Waals surface area contributed by atoms with Crippen LogP contribution in [0.1, 0.15) is 12.5 Å². The summed E-state index contributed by atoms with van der Waals surface area (Å²) in [6.45, 7) is 5.38. The molecule has 0 saturated carbocycles. The Balaban J connectivity index is 1.49. The van der Waals surface area contributed by atoms with Crippen LogP contribution in [0.25, 0.3) is 10.9 Å². The van der Waals surface area contributed by atoms with Crippen LogP contribution in [0.15, 0.2) is 42.5 Å². The first-order chi connectivity index (χ1) is 17.6. The van der Waals surface area contributed by atoms with Gasteiger partial charge in [0.25, 0.3) is 0 Å². The third kappa shape index (κ3) is 4.83. The molecule has 0 radical (unpaired) electrons. The number of benzene rings is 2. The minimum absolute atomic E-state index is 0.0527. The number of amides is 1. The summed E-state index contributed by atoms with van der Waals surface area (Å²) in [5.41, 5.74) is 1.64. The first kappa shape index (κ1) is 24.0. The van der Waals surface area contributed by atoms with Gasteiger partial charge >= 0.3 is 0 Å². The Bertz CT molecular complexity index is 1240. The molecule has 1 amide bonds. The number of morpholine rings is 1. The molecule has 36 heavy (non-hydrogen) atoms. The maximum atomic E-state index is 12.8. The van der Waals surface area contributed by atoms with Crippen molar-refractivity contribution < 1.29 is 28.5 Å². The number of pyridine rings is 1. The van der Waals surface area contributed by atoms with Crippen LogP contribution in [0.3, 0.4) is 0 Å². The molecular weight excluding hydrogens is 462 g/mol. The van der Waals surface area contributed by atoms with Crippen molar-refractivity contribution >= 4 is 22.6 Å². The molecule has 1 unspecified atom stereocenters. The van der Waals surface area contributed by atoms with E-state index < -0.39 is 0 Å². The quantitative estimate of drug-likeness (QED) is 0.496. The van der Waals surface area contributed by atoms with E-state index in [9.17, 15) is 4.79 Å². The van der Waals surface area contributed by atoms with E-state index in [2.05, 4.69) is 11.0 Å². The predicted molar refractivity (Wildman–Crippen MR) is 135 cm³/mol. The molecule has 2 aromatic carbocycles. The van der Waals surface area contributed by atoms with Gasteiger partial charge < -0.3 is 33.5 Å². The highest BCUT2D eigenvalue weighted by molar-refractivity contribution is 5.92. The maximum absolute atomic E-state index is 12.8. The van der Waals surface area contributed by atoms with Crippen molar-refractivity contribution in [3.05, 3.63) is 48.0 Å². The zero-order chi connectivity index (χ0) is 25.1. The van der Waals surface area contributed by atoms with Crippen LogP contribution in [0.2, 0.25) is 0 Å². The Morgan fingerprint density at radius 1 is 1.08 bits per heavy atom. The van der Waals surface area contributed by atoms with Crippen LogP contribution < -0.4 is 23.8 Å². The first-order valence-electron chi connectivity index (χ1n) is 12.1. The lowest BCUT2D eigenvalue weighted by Gasteiger charge is -2.33. The standard InChI is InChI=1S/C27H31N3O6/c1-18(31)30(16-20-17-35-23-6-4-5-7-24(23)36-20)15-19-14-21-22(32-2)8-9-25(33-3)26(21)28-27(19)29-10-12-34-13-11-29/h4-9,14,20H,10-13,15-17H2,1-3H3. The molecule has 2 aliphatic rings. The third-order valence-electron chi connectivity index (χ3n) is 6.51. The lowest BCUT2D eigenvalue weighted by molar-refractivity contribution is -0.131. The molecule has 0 bridgehead atoms. The molecule has 0 aliphatic carbocycles. The van der Waals surface area contributed by atoms with Crippen molar-refractivity contribution in [2.75, 3.05) is 58.6 Å². The molecule has 1 fully saturated rings. The summed E-state index contributed by atoms with van der Waals surface area (Å²) < 4.78 is 28.8. The Morgan fingerprint density at radius 2 is 1.81 bits per heavy atom. The van der Waals surface area contributed by atoms with Gasteiger partial charge in [-0.25, -0.2) is 4.98 Å². The van der Waals surface area contributed by atoms with E-state index in [1.54, 1.807) is 26.0 Å². The van der Waals surface area contributed by atoms with Crippen LogP contribution in [0, 0.1) is 0 Å². The number of para-hydroxylation sites is 2. The molecule has 9 heteroatoms. The van der Waals surface area contributed by atoms with Gasteiger partial charge in [-0.3, -0.25) is 4.79 Å². The van der Waals surface area contributed by atoms with Crippen LogP contribution in [0.4, 0.5) is 5.82 Å². The molecule has 9 nitrogen and oxygen atoms in total. The fourth-order valence-corrected chi connectivity index (χ4v) is 4.66. The van der Waals surface area contributed by atoms with Crippen LogP contribution in [-0.4, -0.2) is 75.6 Å². The van der Waals surface area contributed by atoms with Crippen molar-refractivity contribution in [3.63, 3.8) is 0 Å². The summed E-state index contributed by atoms with van der Waals surface area (Å²) in [5.74, 6) is 3.54. The molecular formula is C27H31N3O6. The van der Waals surface area contributed by atoms with Gasteiger partial charge in [-0.15, -0.1) is 0 Å². The second-order valence-corrected chi connectivity index (χ2v) is 8.83. The first-order valence-corrected chi connectivity index (χ1v) is 12.1. The minimum Gasteiger partial charge on any atom is -0.496 e. The number of aromatic nitrogens is 1. The normalized spacial score (nSPS) is 17.1. The molecule has 1 saturated heterocycles. The van der Waals surface area contributed by atoms with Gasteiger partial charge in [-0.2, -0.15) is 0 Å². The van der Waals surface area contributed by atoms with E-state index in [0.717, 1.165) is 28.0 Å². The lowest BCUT2D eigenvalue weighted by Crippen LogP contribution is -2.43. The molecule has 190 valence electrons. The van der Waals surface area contributed by atoms with Crippen molar-refractivity contribution in [1.29, 1.82) is 0 Å². The number of hydrogen-bond donors (Lipinski definition) is 0. The van der Waals surface area contributed by atoms with Gasteiger partial charge in [0.1, 0.15) is 29.4 Å². The predicted octanol–water partition coefficient (Wildman–Crippen LogP) is 3.28. The number of carbonyl (C=O) groups is 1. The number of hydrogen-bond acceptors (Lipinski definition) is 8. The minimum atomic E-state index is -0.279. The van der Waals surface area contributed by atoms with E-state index in [1.807, 2.05) is 36.4 Å². The van der Waals surface area contributed by atoms with E-state index >= 15 is 0 Å². The van der Waals surface area contributed by atoms with E-state index in [0.29, 0.717) is 63.2 Å². The second kappa shape index (κ2) is 10.5. The zero-order valence-corrected chi connectivity index (χ0v) is 20.9. The van der Waals surface area contributed by atoms with Crippen molar-refractivity contribution in [3.8, 4) is 23.0 Å². The molecule has 5 rings (SSSR count). The van der Waals surface area contributed by atoms with Gasteiger partial charge in [-0.05, 0) is 30.3 Å². The summed E-state index contributed by atoms with van der Waals surface area (Å²) in [7, 11) is 3.27. The largest absolute Gasteiger partial charge is 0.496 e. The van der Waals surface area contributed by atoms with E-state index in [4.69, 9.17) is 28.7 Å². The van der Waals surface area contributed by atoms with Gasteiger partial charge in [0, 0.05) is 37.5 Å². The number of anilines is 1. The molecule has 0 N–H and O–H groups in total. The topological polar surface area (TPSA) is 82.6 Å². The number of methoxy groups -OCH3 is 2. The van der Waals surface area contributed by atoms with Crippen molar-refractivity contribution in [1.82, 2.24) is 9.88 Å². The highest BCUT2D eigenvalue weighted by Gasteiger charge is 2.27. The average molecular weight is 494 g/mol. The van der Waals surface area contributed by atoms with Crippen LogP contribution in [-0.2, 0) is 16.1 Å². The summed E-state index contributed by atoms with van der Waals surface area (Å²) in [6.07, 6.45) is -0.279. The monoisotopic (exact) mass is 493 g/mol. The molecule has 3 heterocycles. The van der Waals surface area contributed by atoms with Crippen LogP contribution in [0.5, 0.6) is 23.0 Å². The Hall–Kier alpha value is -3.72. The smallest absolute Gasteiger partial charge is 0.219 e. The average Bonchev–Trinajstić information content (AvgIpc) is 2.92. The van der Waals surface area contributed by atoms with Gasteiger partial charge in [-0.1, -0.05) is 12.1 Å². The Labute approximate surface area is 210 Å². The van der Waals surface area contributed by atoms with Gasteiger partial charge in [0.15, 0.2) is 17.6 Å². The van der Waals surface area contributed by atoms with E-state index in [-0.39, 0.29) is 12.0 Å². The SMILES string of the molecule is COc1ccc(OC)c2nc(N3CCOCC3)c(CN(CC3COc4ccccc4O3)C(C)=O)cc12. The fourth-order valence-electron chi connectivity index (χ4n) is 4.66. The zero-order valence-electron chi connectivity index (χ0n) is 20.9. The number of carbonyl (C=O) groups excluding carboxylic acids is 1. The number of ether oxygens (including phenoxy) is 5. The maximum Gasteiger partial charge on any atom is 0.219 e. The molecule has 1 aromatic heterocycles. The number of rotatable bonds is 7. The summed E-state index contributed by atoms with van der Waals surface area (Å²) in [4.78, 5) is 21.8. The second-order valence-electron chi connectivity index (χ2n) is 8.83. The molecule has 2 aliphatic heterocycles. The number of fused-ring (bicyclic) bond motifs is 2. The highest BCUT2D eigenvalue weighted by Crippen LogP contribution is 2.36. The van der Waals surface area contributed by atoms with Crippen LogP contribution >= 0.6 is 0 Å². The Morgan fingerprint density at radius 3 is 2.53 bits per heavy atom. The van der Waals surface area contributed by atoms with Crippen molar-refractivity contribution in [2.45, 2.75) is 19.6 Å². The highest BCUT2D eigenvalue weighted by atomic mass is 16.6. The molecule has 1 atom stereocenters. The third-order valence-corrected chi connectivity index (χ3v) is 6.51. The van der Waals surface area contributed by atoms with Gasteiger partial charge in [0.2, 0.25) is 5.91 Å². The molecule has 3 aromatic rings.